The summed E-state index contributed by atoms with van der Waals surface area (Å²) in [6, 6.07) is 4.88. The van der Waals surface area contributed by atoms with Crippen LogP contribution in [0.1, 0.15) is 20.8 Å². The van der Waals surface area contributed by atoms with Gasteiger partial charge in [0.1, 0.15) is 5.75 Å². The number of urea groups is 1. The first-order valence-corrected chi connectivity index (χ1v) is 7.46. The van der Waals surface area contributed by atoms with Crippen molar-refractivity contribution in [1.29, 1.82) is 0 Å². The van der Waals surface area contributed by atoms with Crippen molar-refractivity contribution < 1.29 is 14.3 Å². The number of carbonyl (C=O) groups is 2. The van der Waals surface area contributed by atoms with E-state index < -0.39 is 17.5 Å². The van der Waals surface area contributed by atoms with Crippen molar-refractivity contribution in [3.05, 3.63) is 27.1 Å². The van der Waals surface area contributed by atoms with Gasteiger partial charge in [0.15, 0.2) is 6.61 Å². The number of nitrogens with one attached hydrogen (secondary N) is 2. The van der Waals surface area contributed by atoms with Crippen molar-refractivity contribution in [2.24, 2.45) is 0 Å². The summed E-state index contributed by atoms with van der Waals surface area (Å²) in [6.07, 6.45) is 0. The Kier molecular flexibility index (Phi) is 6.01. The zero-order chi connectivity index (χ0) is 15.3. The molecule has 0 spiro atoms. The van der Waals surface area contributed by atoms with Crippen LogP contribution in [-0.4, -0.2) is 24.1 Å². The van der Waals surface area contributed by atoms with E-state index in [0.29, 0.717) is 5.75 Å². The van der Waals surface area contributed by atoms with Crippen molar-refractivity contribution in [2.75, 3.05) is 6.61 Å². The predicted molar refractivity (Wildman–Crippen MR) is 83.8 cm³/mol. The summed E-state index contributed by atoms with van der Waals surface area (Å²) in [5.74, 6) is -0.00622. The summed E-state index contributed by atoms with van der Waals surface area (Å²) >= 11 is 6.64. The molecular weight excluding hydrogens is 392 g/mol. The molecule has 0 saturated carbocycles. The Bertz CT molecular complexity index is 493. The standard InChI is InChI=1S/C13H16Br2N2O3/c1-13(2,3)17-12(19)16-10(18)7-20-11-8(14)5-4-6-9(11)15/h4-6H,7H2,1-3H3,(H2,16,17,18,19). The van der Waals surface area contributed by atoms with Gasteiger partial charge in [-0.2, -0.15) is 0 Å². The lowest BCUT2D eigenvalue weighted by Gasteiger charge is -2.20. The van der Waals surface area contributed by atoms with Gasteiger partial charge in [0.05, 0.1) is 8.95 Å². The van der Waals surface area contributed by atoms with Gasteiger partial charge in [-0.3, -0.25) is 10.1 Å². The van der Waals surface area contributed by atoms with Crippen molar-refractivity contribution >= 4 is 43.8 Å². The first kappa shape index (κ1) is 17.0. The number of rotatable bonds is 3. The summed E-state index contributed by atoms with van der Waals surface area (Å²) in [6.45, 7) is 5.22. The Balaban J connectivity index is 2.50. The van der Waals surface area contributed by atoms with E-state index in [1.165, 1.54) is 0 Å². The van der Waals surface area contributed by atoms with Gasteiger partial charge in [-0.25, -0.2) is 4.79 Å². The minimum atomic E-state index is -0.544. The van der Waals surface area contributed by atoms with Gasteiger partial charge >= 0.3 is 6.03 Å². The monoisotopic (exact) mass is 406 g/mol. The lowest BCUT2D eigenvalue weighted by Crippen LogP contribution is -2.49. The molecule has 0 aromatic heterocycles. The average molecular weight is 408 g/mol. The molecular formula is C13H16Br2N2O3. The molecule has 0 aliphatic rings. The molecule has 0 aliphatic carbocycles. The smallest absolute Gasteiger partial charge is 0.321 e. The summed E-state index contributed by atoms with van der Waals surface area (Å²) in [5, 5.41) is 4.83. The van der Waals surface area contributed by atoms with E-state index in [2.05, 4.69) is 42.5 Å². The quantitative estimate of drug-likeness (QED) is 0.808. The highest BCUT2D eigenvalue weighted by atomic mass is 79.9. The largest absolute Gasteiger partial charge is 0.481 e. The first-order valence-electron chi connectivity index (χ1n) is 5.88. The minimum absolute atomic E-state index is 0.251. The maximum absolute atomic E-state index is 11.6. The third kappa shape index (κ3) is 5.92. The van der Waals surface area contributed by atoms with Crippen molar-refractivity contribution in [3.8, 4) is 5.75 Å². The van der Waals surface area contributed by atoms with E-state index in [-0.39, 0.29) is 6.61 Å². The maximum Gasteiger partial charge on any atom is 0.321 e. The average Bonchev–Trinajstić information content (AvgIpc) is 2.25. The second-order valence-electron chi connectivity index (χ2n) is 5.09. The molecule has 0 radical (unpaired) electrons. The number of imide groups is 1. The van der Waals surface area contributed by atoms with Crippen LogP contribution < -0.4 is 15.4 Å². The zero-order valence-corrected chi connectivity index (χ0v) is 14.6. The Hall–Kier alpha value is -1.08. The van der Waals surface area contributed by atoms with Crippen LogP contribution in [0.15, 0.2) is 27.1 Å². The third-order valence-electron chi connectivity index (χ3n) is 2.01. The van der Waals surface area contributed by atoms with Gasteiger partial charge in [0.2, 0.25) is 0 Å². The van der Waals surface area contributed by atoms with Crippen molar-refractivity contribution in [3.63, 3.8) is 0 Å². The molecule has 1 aromatic rings. The maximum atomic E-state index is 11.6. The Labute approximate surface area is 134 Å². The second-order valence-corrected chi connectivity index (χ2v) is 6.80. The van der Waals surface area contributed by atoms with E-state index in [0.717, 1.165) is 8.95 Å². The summed E-state index contributed by atoms with van der Waals surface area (Å²) in [7, 11) is 0. The fraction of sp³-hybridized carbons (Fsp3) is 0.385. The Morgan fingerprint density at radius 2 is 1.75 bits per heavy atom. The van der Waals surface area contributed by atoms with Crippen molar-refractivity contribution in [2.45, 2.75) is 26.3 Å². The van der Waals surface area contributed by atoms with E-state index in [4.69, 9.17) is 4.74 Å². The number of hydrogen-bond acceptors (Lipinski definition) is 3. The Morgan fingerprint density at radius 3 is 2.25 bits per heavy atom. The summed E-state index contributed by atoms with van der Waals surface area (Å²) in [4.78, 5) is 23.1. The fourth-order valence-electron chi connectivity index (χ4n) is 1.29. The lowest BCUT2D eigenvalue weighted by atomic mass is 10.1. The summed E-state index contributed by atoms with van der Waals surface area (Å²) < 4.78 is 6.82. The number of para-hydroxylation sites is 1. The number of amides is 3. The van der Waals surface area contributed by atoms with E-state index in [1.807, 2.05) is 26.8 Å². The third-order valence-corrected chi connectivity index (χ3v) is 3.26. The number of hydrogen-bond donors (Lipinski definition) is 2. The molecule has 5 nitrogen and oxygen atoms in total. The molecule has 0 atom stereocenters. The highest BCUT2D eigenvalue weighted by molar-refractivity contribution is 9.11. The van der Waals surface area contributed by atoms with Crippen LogP contribution in [0.2, 0.25) is 0 Å². The van der Waals surface area contributed by atoms with Crippen LogP contribution in [0, 0.1) is 0 Å². The number of halogens is 2. The van der Waals surface area contributed by atoms with Crippen LogP contribution in [0.3, 0.4) is 0 Å². The van der Waals surface area contributed by atoms with Crippen LogP contribution in [0.4, 0.5) is 4.79 Å². The molecule has 1 rings (SSSR count). The lowest BCUT2D eigenvalue weighted by molar-refractivity contribution is -0.122. The number of benzene rings is 1. The molecule has 0 aliphatic heterocycles. The second kappa shape index (κ2) is 7.08. The molecule has 2 N–H and O–H groups in total. The van der Waals surface area contributed by atoms with E-state index in [1.54, 1.807) is 12.1 Å². The minimum Gasteiger partial charge on any atom is -0.481 e. The zero-order valence-electron chi connectivity index (χ0n) is 11.4. The predicted octanol–water partition coefficient (Wildman–Crippen LogP) is 3.21. The first-order chi connectivity index (χ1) is 9.19. The van der Waals surface area contributed by atoms with Gasteiger partial charge in [-0.05, 0) is 64.8 Å². The van der Waals surface area contributed by atoms with Crippen LogP contribution in [0.5, 0.6) is 5.75 Å². The molecule has 1 aromatic carbocycles. The number of carbonyl (C=O) groups excluding carboxylic acids is 2. The molecule has 0 fully saturated rings. The van der Waals surface area contributed by atoms with Crippen LogP contribution in [0.25, 0.3) is 0 Å². The van der Waals surface area contributed by atoms with Gasteiger partial charge < -0.3 is 10.1 Å². The number of ether oxygens (including phenoxy) is 1. The van der Waals surface area contributed by atoms with Gasteiger partial charge in [0.25, 0.3) is 5.91 Å². The summed E-state index contributed by atoms with van der Waals surface area (Å²) in [5.41, 5.74) is -0.406. The van der Waals surface area contributed by atoms with Gasteiger partial charge in [-0.15, -0.1) is 0 Å². The molecule has 0 heterocycles. The molecule has 20 heavy (non-hydrogen) atoms. The molecule has 0 saturated heterocycles. The van der Waals surface area contributed by atoms with Crippen LogP contribution in [-0.2, 0) is 4.79 Å². The Morgan fingerprint density at radius 1 is 1.20 bits per heavy atom. The SMILES string of the molecule is CC(C)(C)NC(=O)NC(=O)COc1c(Br)cccc1Br. The van der Waals surface area contributed by atoms with Gasteiger partial charge in [-0.1, -0.05) is 6.07 Å². The fourth-order valence-corrected chi connectivity index (χ4v) is 2.52. The normalized spacial score (nSPS) is 10.8. The molecule has 110 valence electrons. The molecule has 0 bridgehead atoms. The highest BCUT2D eigenvalue weighted by Crippen LogP contribution is 2.32. The topological polar surface area (TPSA) is 67.4 Å². The van der Waals surface area contributed by atoms with Crippen LogP contribution >= 0.6 is 31.9 Å². The van der Waals surface area contributed by atoms with E-state index in [9.17, 15) is 9.59 Å². The van der Waals surface area contributed by atoms with Crippen molar-refractivity contribution in [1.82, 2.24) is 10.6 Å². The molecule has 7 heteroatoms. The molecule has 3 amide bonds. The van der Waals surface area contributed by atoms with Gasteiger partial charge in [0, 0.05) is 5.54 Å². The molecule has 0 unspecified atom stereocenters. The van der Waals surface area contributed by atoms with E-state index >= 15 is 0 Å². The highest BCUT2D eigenvalue weighted by Gasteiger charge is 2.16.